The summed E-state index contributed by atoms with van der Waals surface area (Å²) in [5, 5.41) is 11.2. The number of unbranched alkanes of at least 4 members (excludes halogenated alkanes) is 2. The molecule has 49 heavy (non-hydrogen) atoms. The van der Waals surface area contributed by atoms with Crippen molar-refractivity contribution in [2.24, 2.45) is 17.3 Å². The van der Waals surface area contributed by atoms with E-state index < -0.39 is 35.7 Å². The second kappa shape index (κ2) is 15.2. The molecule has 4 nitrogen and oxygen atoms in total. The lowest BCUT2D eigenvalue weighted by molar-refractivity contribution is -0.284. The van der Waals surface area contributed by atoms with Gasteiger partial charge in [-0.05, 0) is 154 Å². The molecule has 10 heteroatoms. The van der Waals surface area contributed by atoms with E-state index in [1.807, 2.05) is 12.1 Å². The lowest BCUT2D eigenvalue weighted by atomic mass is 9.51. The van der Waals surface area contributed by atoms with Crippen LogP contribution in [0, 0.1) is 17.3 Å². The van der Waals surface area contributed by atoms with E-state index in [1.54, 1.807) is 0 Å². The van der Waals surface area contributed by atoms with E-state index in [4.69, 9.17) is 9.47 Å². The molecule has 0 aromatic heterocycles. The Morgan fingerprint density at radius 2 is 1.59 bits per heavy atom. The van der Waals surface area contributed by atoms with Gasteiger partial charge in [-0.3, -0.25) is 4.21 Å². The van der Waals surface area contributed by atoms with Crippen LogP contribution in [-0.4, -0.2) is 51.7 Å². The molecule has 2 aromatic carbocycles. The maximum Gasteiger partial charge on any atom is 0.453 e. The number of aliphatic hydroxyl groups is 1. The van der Waals surface area contributed by atoms with Gasteiger partial charge in [-0.25, -0.2) is 0 Å². The minimum Gasteiger partial charge on any atom is -0.494 e. The SMILES string of the molecule is C[C@]12C[C@H](c3ccc(OCCCCCS(=O)CCCC(F)(F)C(F)(F)F)cc3)[C@@H]3c4ccc(OC5CCCC5)cc4CC[C@H]3[C@@H]1CC[C@@H]2O. The first-order chi connectivity index (χ1) is 23.4. The Morgan fingerprint density at radius 1 is 0.878 bits per heavy atom. The predicted octanol–water partition coefficient (Wildman–Crippen LogP) is 9.89. The Hall–Kier alpha value is -2.20. The molecule has 1 N–H and O–H groups in total. The van der Waals surface area contributed by atoms with Gasteiger partial charge in [0.25, 0.3) is 0 Å². The molecule has 0 spiro atoms. The van der Waals surface area contributed by atoms with Gasteiger partial charge in [0.2, 0.25) is 0 Å². The van der Waals surface area contributed by atoms with Crippen LogP contribution in [0.1, 0.15) is 119 Å². The third kappa shape index (κ3) is 8.15. The monoisotopic (exact) mass is 710 g/mol. The summed E-state index contributed by atoms with van der Waals surface area (Å²) >= 11 is 0. The number of rotatable bonds is 14. The number of hydrogen-bond donors (Lipinski definition) is 1. The first-order valence-corrected chi connectivity index (χ1v) is 19.8. The Labute approximate surface area is 290 Å². The second-order valence-corrected chi connectivity index (χ2v) is 17.0. The first kappa shape index (κ1) is 36.6. The minimum atomic E-state index is -5.56. The van der Waals surface area contributed by atoms with E-state index in [2.05, 4.69) is 37.3 Å². The smallest absolute Gasteiger partial charge is 0.453 e. The Morgan fingerprint density at radius 3 is 2.33 bits per heavy atom. The normalized spacial score (nSPS) is 29.2. The summed E-state index contributed by atoms with van der Waals surface area (Å²) < 4.78 is 87.4. The van der Waals surface area contributed by atoms with Gasteiger partial charge in [-0.1, -0.05) is 25.1 Å². The summed E-state index contributed by atoms with van der Waals surface area (Å²) in [6.07, 6.45) is 4.66. The maximum atomic E-state index is 13.0. The third-order valence-electron chi connectivity index (χ3n) is 12.1. The van der Waals surface area contributed by atoms with Gasteiger partial charge in [-0.15, -0.1) is 0 Å². The maximum absolute atomic E-state index is 13.0. The van der Waals surface area contributed by atoms with Crippen molar-refractivity contribution in [3.05, 3.63) is 59.2 Å². The molecule has 0 radical (unpaired) electrons. The summed E-state index contributed by atoms with van der Waals surface area (Å²) in [6.45, 7) is 2.79. The standard InChI is InChI=1S/C39H51F5O4S/c1-37-25-33(26-10-13-28(14-11-26)47-21-5-2-6-22-49(46)23-7-20-38(40,41)39(42,43)44)36-31-17-15-30(48-29-8-3-4-9-29)24-27(31)12-16-32(36)34(37)18-19-35(37)45/h10-11,13-15,17,24,29,32-36,45H,2-9,12,16,18-23,25H2,1H3/t32-,33+,34-,35-,36+,37-,49?/m0/s1. The van der Waals surface area contributed by atoms with Crippen molar-refractivity contribution in [2.45, 2.75) is 133 Å². The molecule has 6 rings (SSSR count). The van der Waals surface area contributed by atoms with E-state index >= 15 is 0 Å². The Balaban J connectivity index is 1.03. The number of hydrogen-bond acceptors (Lipinski definition) is 4. The molecule has 0 saturated heterocycles. The zero-order chi connectivity index (χ0) is 34.8. The highest BCUT2D eigenvalue weighted by Crippen LogP contribution is 2.65. The number of aryl methyl sites for hydroxylation is 1. The second-order valence-electron chi connectivity index (χ2n) is 15.3. The van der Waals surface area contributed by atoms with Crippen LogP contribution in [0.5, 0.6) is 11.5 Å². The van der Waals surface area contributed by atoms with Crippen LogP contribution in [0.3, 0.4) is 0 Å². The molecule has 2 aromatic rings. The molecular weight excluding hydrogens is 659 g/mol. The van der Waals surface area contributed by atoms with Crippen molar-refractivity contribution in [3.63, 3.8) is 0 Å². The van der Waals surface area contributed by atoms with Crippen LogP contribution < -0.4 is 9.47 Å². The van der Waals surface area contributed by atoms with E-state index in [1.165, 1.54) is 29.5 Å². The van der Waals surface area contributed by atoms with Crippen molar-refractivity contribution < 1.29 is 40.7 Å². The number of fused-ring (bicyclic) bond motifs is 5. The van der Waals surface area contributed by atoms with E-state index in [0.717, 1.165) is 69.3 Å². The number of aliphatic hydroxyl groups excluding tert-OH is 1. The highest BCUT2D eigenvalue weighted by atomic mass is 32.2. The molecule has 7 atom stereocenters. The molecule has 0 bridgehead atoms. The molecule has 0 heterocycles. The van der Waals surface area contributed by atoms with Crippen molar-refractivity contribution in [2.75, 3.05) is 18.1 Å². The average molecular weight is 711 g/mol. The van der Waals surface area contributed by atoms with Crippen molar-refractivity contribution in [3.8, 4) is 11.5 Å². The molecule has 272 valence electrons. The lowest BCUT2D eigenvalue weighted by Crippen LogP contribution is -2.47. The number of benzene rings is 2. The molecule has 0 amide bonds. The van der Waals surface area contributed by atoms with Gasteiger partial charge in [0.1, 0.15) is 11.5 Å². The largest absolute Gasteiger partial charge is 0.494 e. The summed E-state index contributed by atoms with van der Waals surface area (Å²) in [7, 11) is -1.42. The summed E-state index contributed by atoms with van der Waals surface area (Å²) in [6, 6.07) is 15.2. The van der Waals surface area contributed by atoms with Crippen LogP contribution in [0.15, 0.2) is 42.5 Å². The van der Waals surface area contributed by atoms with Crippen molar-refractivity contribution in [1.29, 1.82) is 0 Å². The molecule has 1 unspecified atom stereocenters. The third-order valence-corrected chi connectivity index (χ3v) is 13.6. The molecule has 3 saturated carbocycles. The van der Waals surface area contributed by atoms with Crippen LogP contribution in [0.4, 0.5) is 22.0 Å². The zero-order valence-corrected chi connectivity index (χ0v) is 29.3. The van der Waals surface area contributed by atoms with Gasteiger partial charge < -0.3 is 14.6 Å². The van der Waals surface area contributed by atoms with Crippen LogP contribution >= 0.6 is 0 Å². The van der Waals surface area contributed by atoms with Crippen LogP contribution in [0.2, 0.25) is 0 Å². The number of ether oxygens (including phenoxy) is 2. The summed E-state index contributed by atoms with van der Waals surface area (Å²) in [4.78, 5) is 0. The fourth-order valence-corrected chi connectivity index (χ4v) is 10.7. The number of alkyl halides is 5. The van der Waals surface area contributed by atoms with Gasteiger partial charge >= 0.3 is 12.1 Å². The first-order valence-electron chi connectivity index (χ1n) is 18.4. The van der Waals surface area contributed by atoms with Crippen molar-refractivity contribution >= 4 is 10.8 Å². The topological polar surface area (TPSA) is 55.8 Å². The highest BCUT2D eigenvalue weighted by Gasteiger charge is 2.58. The average Bonchev–Trinajstić information content (AvgIpc) is 3.68. The molecule has 3 fully saturated rings. The molecule has 4 aliphatic rings. The fraction of sp³-hybridized carbons (Fsp3) is 0.692. The van der Waals surface area contributed by atoms with E-state index in [0.29, 0.717) is 36.9 Å². The molecule has 4 aliphatic carbocycles. The number of halogens is 5. The van der Waals surface area contributed by atoms with Crippen molar-refractivity contribution in [1.82, 2.24) is 0 Å². The minimum absolute atomic E-state index is 0.0954. The zero-order valence-electron chi connectivity index (χ0n) is 28.5. The Kier molecular flexibility index (Phi) is 11.3. The summed E-state index contributed by atoms with van der Waals surface area (Å²) in [5.74, 6) is -1.11. The molecule has 0 aliphatic heterocycles. The predicted molar refractivity (Wildman–Crippen MR) is 182 cm³/mol. The fourth-order valence-electron chi connectivity index (χ4n) is 9.50. The van der Waals surface area contributed by atoms with Gasteiger partial charge in [0.15, 0.2) is 0 Å². The van der Waals surface area contributed by atoms with Crippen LogP contribution in [0.25, 0.3) is 0 Å². The van der Waals surface area contributed by atoms with Crippen LogP contribution in [-0.2, 0) is 17.2 Å². The molecular formula is C39H51F5O4S. The summed E-state index contributed by atoms with van der Waals surface area (Å²) in [5.41, 5.74) is 4.04. The van der Waals surface area contributed by atoms with Gasteiger partial charge in [-0.2, -0.15) is 22.0 Å². The Bertz CT molecular complexity index is 1430. The highest BCUT2D eigenvalue weighted by molar-refractivity contribution is 7.84. The van der Waals surface area contributed by atoms with E-state index in [9.17, 15) is 31.3 Å². The lowest BCUT2D eigenvalue weighted by Gasteiger charge is -2.54. The quantitative estimate of drug-likeness (QED) is 0.157. The van der Waals surface area contributed by atoms with Gasteiger partial charge in [0.05, 0.1) is 18.8 Å². The van der Waals surface area contributed by atoms with E-state index in [-0.39, 0.29) is 28.9 Å². The van der Waals surface area contributed by atoms with Gasteiger partial charge in [0, 0.05) is 28.7 Å².